The maximum Gasteiger partial charge on any atom is 0.433 e. The number of rotatable bonds is 3. The lowest BCUT2D eigenvalue weighted by molar-refractivity contribution is -0.402. The summed E-state index contributed by atoms with van der Waals surface area (Å²) in [6.45, 7) is 2.90. The number of furan rings is 1. The van der Waals surface area contributed by atoms with Crippen molar-refractivity contribution in [3.05, 3.63) is 28.0 Å². The third kappa shape index (κ3) is 2.86. The predicted octanol–water partition coefficient (Wildman–Crippen LogP) is 1.06. The first kappa shape index (κ1) is 12.6. The van der Waals surface area contributed by atoms with E-state index in [2.05, 4.69) is 17.6 Å². The third-order valence-electron chi connectivity index (χ3n) is 2.95. The third-order valence-corrected chi connectivity index (χ3v) is 2.95. The van der Waals surface area contributed by atoms with E-state index in [1.807, 2.05) is 0 Å². The highest BCUT2D eigenvalue weighted by Gasteiger charge is 2.23. The van der Waals surface area contributed by atoms with Gasteiger partial charge in [0.2, 0.25) is 0 Å². The van der Waals surface area contributed by atoms with Crippen molar-refractivity contribution < 1.29 is 14.1 Å². The van der Waals surface area contributed by atoms with E-state index in [1.165, 1.54) is 12.1 Å². The highest BCUT2D eigenvalue weighted by atomic mass is 16.6. The van der Waals surface area contributed by atoms with E-state index in [1.54, 1.807) is 0 Å². The van der Waals surface area contributed by atoms with Crippen molar-refractivity contribution in [1.29, 1.82) is 0 Å². The highest BCUT2D eigenvalue weighted by molar-refractivity contribution is 5.91. The number of nitro groups is 1. The minimum Gasteiger partial charge on any atom is -0.395 e. The van der Waals surface area contributed by atoms with E-state index in [4.69, 9.17) is 4.42 Å². The molecule has 0 saturated carbocycles. The van der Waals surface area contributed by atoms with Gasteiger partial charge in [0.05, 0.1) is 6.07 Å². The van der Waals surface area contributed by atoms with Gasteiger partial charge in [-0.3, -0.25) is 14.9 Å². The van der Waals surface area contributed by atoms with Crippen LogP contribution in [0.2, 0.25) is 0 Å². The molecule has 2 N–H and O–H groups in total. The van der Waals surface area contributed by atoms with Gasteiger partial charge in [0.1, 0.15) is 4.92 Å². The van der Waals surface area contributed by atoms with Crippen molar-refractivity contribution in [1.82, 2.24) is 10.6 Å². The number of amides is 1. The normalized spacial score (nSPS) is 23.6. The Morgan fingerprint density at radius 3 is 3.00 bits per heavy atom. The molecule has 18 heavy (non-hydrogen) atoms. The number of piperidine rings is 1. The van der Waals surface area contributed by atoms with Crippen LogP contribution in [0, 0.1) is 10.1 Å². The quantitative estimate of drug-likeness (QED) is 0.620. The summed E-state index contributed by atoms with van der Waals surface area (Å²) in [7, 11) is 0. The molecule has 1 aromatic heterocycles. The molecule has 0 aliphatic carbocycles. The number of hydrogen-bond donors (Lipinski definition) is 2. The molecular formula is C11H15N3O4. The summed E-state index contributed by atoms with van der Waals surface area (Å²) in [5, 5.41) is 16.5. The van der Waals surface area contributed by atoms with Gasteiger partial charge in [0.25, 0.3) is 5.91 Å². The van der Waals surface area contributed by atoms with Gasteiger partial charge < -0.3 is 15.1 Å². The van der Waals surface area contributed by atoms with Gasteiger partial charge in [-0.05, 0) is 32.4 Å². The summed E-state index contributed by atoms with van der Waals surface area (Å²) >= 11 is 0. The van der Waals surface area contributed by atoms with Crippen LogP contribution >= 0.6 is 0 Å². The van der Waals surface area contributed by atoms with Crippen molar-refractivity contribution in [3.63, 3.8) is 0 Å². The topological polar surface area (TPSA) is 97.4 Å². The average molecular weight is 253 g/mol. The van der Waals surface area contributed by atoms with Crippen LogP contribution in [0.3, 0.4) is 0 Å². The Bertz CT molecular complexity index is 457. The molecule has 1 aromatic rings. The van der Waals surface area contributed by atoms with Crippen LogP contribution in [0.5, 0.6) is 0 Å². The Morgan fingerprint density at radius 1 is 1.61 bits per heavy atom. The van der Waals surface area contributed by atoms with Gasteiger partial charge in [-0.15, -0.1) is 0 Å². The van der Waals surface area contributed by atoms with Crippen LogP contribution < -0.4 is 10.6 Å². The molecule has 2 rings (SSSR count). The molecule has 0 bridgehead atoms. The van der Waals surface area contributed by atoms with E-state index in [9.17, 15) is 14.9 Å². The Kier molecular flexibility index (Phi) is 3.61. The zero-order valence-corrected chi connectivity index (χ0v) is 10.0. The molecule has 1 aliphatic heterocycles. The Morgan fingerprint density at radius 2 is 2.39 bits per heavy atom. The molecule has 0 aromatic carbocycles. The number of hydrogen-bond acceptors (Lipinski definition) is 5. The van der Waals surface area contributed by atoms with E-state index in [-0.39, 0.29) is 11.8 Å². The summed E-state index contributed by atoms with van der Waals surface area (Å²) < 4.78 is 4.85. The first-order valence-corrected chi connectivity index (χ1v) is 5.84. The second-order valence-electron chi connectivity index (χ2n) is 4.44. The fourth-order valence-electron chi connectivity index (χ4n) is 2.07. The molecule has 2 heterocycles. The Hall–Kier alpha value is -1.89. The smallest absolute Gasteiger partial charge is 0.395 e. The SMILES string of the molecule is CC1CC(NC(=O)c2ccc([N+](=O)[O-])o2)CCN1. The van der Waals surface area contributed by atoms with Gasteiger partial charge in [-0.2, -0.15) is 0 Å². The first-order valence-electron chi connectivity index (χ1n) is 5.84. The van der Waals surface area contributed by atoms with Gasteiger partial charge >= 0.3 is 5.88 Å². The van der Waals surface area contributed by atoms with Crippen LogP contribution in [0.25, 0.3) is 0 Å². The zero-order valence-electron chi connectivity index (χ0n) is 10.0. The Balaban J connectivity index is 1.96. The fourth-order valence-corrected chi connectivity index (χ4v) is 2.07. The highest BCUT2D eigenvalue weighted by Crippen LogP contribution is 2.16. The molecular weight excluding hydrogens is 238 g/mol. The number of nitrogens with zero attached hydrogens (tertiary/aromatic N) is 1. The van der Waals surface area contributed by atoms with Crippen LogP contribution in [0.1, 0.15) is 30.3 Å². The second-order valence-corrected chi connectivity index (χ2v) is 4.44. The summed E-state index contributed by atoms with van der Waals surface area (Å²) in [5.41, 5.74) is 0. The molecule has 0 radical (unpaired) electrons. The summed E-state index contributed by atoms with van der Waals surface area (Å²) in [5.74, 6) is -0.839. The lowest BCUT2D eigenvalue weighted by atomic mass is 10.0. The van der Waals surface area contributed by atoms with Gasteiger partial charge in [0, 0.05) is 12.1 Å². The molecule has 0 spiro atoms. The molecule has 1 aliphatic rings. The molecule has 1 amide bonds. The summed E-state index contributed by atoms with van der Waals surface area (Å²) in [6, 6.07) is 2.94. The van der Waals surface area contributed by atoms with E-state index in [0.717, 1.165) is 19.4 Å². The van der Waals surface area contributed by atoms with Crippen molar-refractivity contribution in [2.75, 3.05) is 6.54 Å². The zero-order chi connectivity index (χ0) is 13.1. The number of carbonyl (C=O) groups excluding carboxylic acids is 1. The van der Waals surface area contributed by atoms with Crippen molar-refractivity contribution in [3.8, 4) is 0 Å². The molecule has 7 nitrogen and oxygen atoms in total. The molecule has 2 unspecified atom stereocenters. The Labute approximate surface area is 104 Å². The first-order chi connectivity index (χ1) is 8.56. The van der Waals surface area contributed by atoms with E-state index in [0.29, 0.717) is 6.04 Å². The largest absolute Gasteiger partial charge is 0.433 e. The van der Waals surface area contributed by atoms with Crippen LogP contribution in [-0.2, 0) is 0 Å². The van der Waals surface area contributed by atoms with Gasteiger partial charge in [0.15, 0.2) is 5.76 Å². The van der Waals surface area contributed by atoms with Crippen LogP contribution in [0.15, 0.2) is 16.5 Å². The maximum atomic E-state index is 11.8. The lowest BCUT2D eigenvalue weighted by Gasteiger charge is -2.28. The van der Waals surface area contributed by atoms with Crippen molar-refractivity contribution >= 4 is 11.8 Å². The fraction of sp³-hybridized carbons (Fsp3) is 0.545. The summed E-state index contributed by atoms with van der Waals surface area (Å²) in [6.07, 6.45) is 1.69. The predicted molar refractivity (Wildman–Crippen MR) is 63.3 cm³/mol. The lowest BCUT2D eigenvalue weighted by Crippen LogP contribution is -2.46. The maximum absolute atomic E-state index is 11.8. The molecule has 98 valence electrons. The van der Waals surface area contributed by atoms with Gasteiger partial charge in [-0.1, -0.05) is 0 Å². The van der Waals surface area contributed by atoms with E-state index < -0.39 is 16.7 Å². The van der Waals surface area contributed by atoms with Gasteiger partial charge in [-0.25, -0.2) is 0 Å². The number of nitrogens with one attached hydrogen (secondary N) is 2. The molecule has 1 saturated heterocycles. The molecule has 7 heteroatoms. The standard InChI is InChI=1S/C11H15N3O4/c1-7-6-8(4-5-12-7)13-11(15)9-2-3-10(18-9)14(16)17/h2-3,7-8,12H,4-6H2,1H3,(H,13,15). The van der Waals surface area contributed by atoms with Crippen molar-refractivity contribution in [2.45, 2.75) is 31.8 Å². The van der Waals surface area contributed by atoms with E-state index >= 15 is 0 Å². The minimum atomic E-state index is -0.663. The minimum absolute atomic E-state index is 0.0205. The second kappa shape index (κ2) is 5.18. The molecule has 1 fully saturated rings. The monoisotopic (exact) mass is 253 g/mol. The number of carbonyl (C=O) groups is 1. The van der Waals surface area contributed by atoms with Crippen LogP contribution in [-0.4, -0.2) is 29.5 Å². The van der Waals surface area contributed by atoms with Crippen LogP contribution in [0.4, 0.5) is 5.88 Å². The molecule has 2 atom stereocenters. The van der Waals surface area contributed by atoms with Crippen molar-refractivity contribution in [2.24, 2.45) is 0 Å². The summed E-state index contributed by atoms with van der Waals surface area (Å²) in [4.78, 5) is 21.6. The average Bonchev–Trinajstić information content (AvgIpc) is 2.78.